The van der Waals surface area contributed by atoms with Crippen molar-refractivity contribution in [1.29, 1.82) is 0 Å². The highest BCUT2D eigenvalue weighted by Crippen LogP contribution is 2.30. The minimum atomic E-state index is -0.343. The topological polar surface area (TPSA) is 46.5 Å². The van der Waals surface area contributed by atoms with Gasteiger partial charge in [-0.2, -0.15) is 0 Å². The number of ketones is 1. The van der Waals surface area contributed by atoms with Gasteiger partial charge in [0.25, 0.3) is 0 Å². The Morgan fingerprint density at radius 3 is 2.45 bits per heavy atom. The van der Waals surface area contributed by atoms with Crippen molar-refractivity contribution in [3.8, 4) is 11.5 Å². The van der Waals surface area contributed by atoms with Crippen molar-refractivity contribution in [1.82, 2.24) is 0 Å². The predicted molar refractivity (Wildman–Crippen MR) is 73.8 cm³/mol. The van der Waals surface area contributed by atoms with Crippen molar-refractivity contribution < 1.29 is 19.0 Å². The van der Waals surface area contributed by atoms with Gasteiger partial charge in [0.1, 0.15) is 17.3 Å². The summed E-state index contributed by atoms with van der Waals surface area (Å²) in [5.74, 6) is -0.110. The third kappa shape index (κ3) is 2.79. The first-order valence-corrected chi connectivity index (χ1v) is 6.17. The number of methoxy groups -OCH3 is 1. The molecule has 0 heterocycles. The molecule has 2 rings (SSSR count). The first-order valence-electron chi connectivity index (χ1n) is 6.17. The Hall–Kier alpha value is -2.36. The number of hydrogen-bond acceptors (Lipinski definition) is 3. The lowest BCUT2D eigenvalue weighted by Gasteiger charge is -2.10. The fraction of sp³-hybridized carbons (Fsp3) is 0.188. The molecule has 0 fully saturated rings. The van der Waals surface area contributed by atoms with E-state index in [2.05, 4.69) is 0 Å². The molecule has 1 N–H and O–H groups in total. The van der Waals surface area contributed by atoms with E-state index in [0.717, 1.165) is 0 Å². The van der Waals surface area contributed by atoms with E-state index in [9.17, 15) is 14.3 Å². The number of carbonyl (C=O) groups excluding carboxylic acids is 1. The van der Waals surface area contributed by atoms with Crippen molar-refractivity contribution in [3.05, 3.63) is 58.9 Å². The van der Waals surface area contributed by atoms with Gasteiger partial charge in [0.2, 0.25) is 0 Å². The number of ether oxygens (including phenoxy) is 1. The maximum atomic E-state index is 12.8. The molecular formula is C16H15FO3. The summed E-state index contributed by atoms with van der Waals surface area (Å²) in [6.45, 7) is 1.68. The SMILES string of the molecule is COc1ccc(C(=O)Cc2ccc(F)cc2)c(O)c1C. The van der Waals surface area contributed by atoms with E-state index in [1.807, 2.05) is 0 Å². The number of halogens is 1. The summed E-state index contributed by atoms with van der Waals surface area (Å²) in [4.78, 5) is 12.2. The molecule has 0 aliphatic heterocycles. The van der Waals surface area contributed by atoms with Crippen LogP contribution in [0.2, 0.25) is 0 Å². The average Bonchev–Trinajstić information content (AvgIpc) is 2.44. The van der Waals surface area contributed by atoms with E-state index >= 15 is 0 Å². The Balaban J connectivity index is 2.25. The van der Waals surface area contributed by atoms with E-state index in [0.29, 0.717) is 16.9 Å². The second-order valence-electron chi connectivity index (χ2n) is 4.52. The lowest BCUT2D eigenvalue weighted by atomic mass is 10.00. The zero-order chi connectivity index (χ0) is 14.7. The molecule has 104 valence electrons. The van der Waals surface area contributed by atoms with Crippen LogP contribution in [0.1, 0.15) is 21.5 Å². The van der Waals surface area contributed by atoms with Gasteiger partial charge in [-0.1, -0.05) is 12.1 Å². The summed E-state index contributed by atoms with van der Waals surface area (Å²) >= 11 is 0. The molecule has 0 aromatic heterocycles. The highest BCUT2D eigenvalue weighted by Gasteiger charge is 2.16. The summed E-state index contributed by atoms with van der Waals surface area (Å²) in [6, 6.07) is 8.91. The second-order valence-corrected chi connectivity index (χ2v) is 4.52. The second kappa shape index (κ2) is 5.74. The van der Waals surface area contributed by atoms with E-state index in [1.165, 1.54) is 25.3 Å². The summed E-state index contributed by atoms with van der Waals surface area (Å²) in [6.07, 6.45) is 0.111. The van der Waals surface area contributed by atoms with Crippen LogP contribution in [0.25, 0.3) is 0 Å². The molecule has 20 heavy (non-hydrogen) atoms. The third-order valence-corrected chi connectivity index (χ3v) is 3.18. The third-order valence-electron chi connectivity index (χ3n) is 3.18. The molecule has 0 unspecified atom stereocenters. The molecule has 0 amide bonds. The fourth-order valence-electron chi connectivity index (χ4n) is 2.01. The largest absolute Gasteiger partial charge is 0.507 e. The van der Waals surface area contributed by atoms with Crippen LogP contribution < -0.4 is 4.74 Å². The zero-order valence-corrected chi connectivity index (χ0v) is 11.3. The zero-order valence-electron chi connectivity index (χ0n) is 11.3. The van der Waals surface area contributed by atoms with Gasteiger partial charge >= 0.3 is 0 Å². The van der Waals surface area contributed by atoms with Crippen molar-refractivity contribution >= 4 is 5.78 Å². The van der Waals surface area contributed by atoms with Crippen LogP contribution in [0.5, 0.6) is 11.5 Å². The number of phenolic OH excluding ortho intramolecular Hbond substituents is 1. The normalized spacial score (nSPS) is 10.3. The molecule has 0 aliphatic carbocycles. The van der Waals surface area contributed by atoms with Crippen molar-refractivity contribution in [2.45, 2.75) is 13.3 Å². The van der Waals surface area contributed by atoms with Gasteiger partial charge in [-0.3, -0.25) is 4.79 Å². The monoisotopic (exact) mass is 274 g/mol. The standard InChI is InChI=1S/C16H15FO3/c1-10-15(20-2)8-7-13(16(10)19)14(18)9-11-3-5-12(17)6-4-11/h3-8,19H,9H2,1-2H3. The molecule has 0 atom stereocenters. The first-order chi connectivity index (χ1) is 9.52. The molecule has 2 aromatic carbocycles. The predicted octanol–water partition coefficient (Wildman–Crippen LogP) is 3.27. The van der Waals surface area contributed by atoms with Crippen LogP contribution in [0, 0.1) is 12.7 Å². The van der Waals surface area contributed by atoms with E-state index in [1.54, 1.807) is 25.1 Å². The molecule has 0 radical (unpaired) electrons. The van der Waals surface area contributed by atoms with Gasteiger partial charge in [-0.05, 0) is 36.8 Å². The highest BCUT2D eigenvalue weighted by molar-refractivity contribution is 6.00. The Labute approximate surface area is 116 Å². The molecule has 4 heteroatoms. The molecule has 0 saturated carbocycles. The Morgan fingerprint density at radius 1 is 1.20 bits per heavy atom. The van der Waals surface area contributed by atoms with Crippen molar-refractivity contribution in [2.24, 2.45) is 0 Å². The van der Waals surface area contributed by atoms with E-state index < -0.39 is 0 Å². The van der Waals surface area contributed by atoms with Crippen molar-refractivity contribution in [3.63, 3.8) is 0 Å². The number of Topliss-reactive ketones (excluding diaryl/α,β-unsaturated/α-hetero) is 1. The maximum Gasteiger partial charge on any atom is 0.170 e. The number of rotatable bonds is 4. The van der Waals surface area contributed by atoms with Crippen LogP contribution in [-0.4, -0.2) is 18.0 Å². The van der Waals surface area contributed by atoms with Crippen LogP contribution in [-0.2, 0) is 6.42 Å². The minimum Gasteiger partial charge on any atom is -0.507 e. The molecule has 0 aliphatic rings. The van der Waals surface area contributed by atoms with Gasteiger partial charge in [0, 0.05) is 12.0 Å². The summed E-state index contributed by atoms with van der Waals surface area (Å²) < 4.78 is 17.9. The molecule has 0 saturated heterocycles. The smallest absolute Gasteiger partial charge is 0.170 e. The van der Waals surface area contributed by atoms with Gasteiger partial charge in [-0.15, -0.1) is 0 Å². The minimum absolute atomic E-state index is 0.0727. The van der Waals surface area contributed by atoms with Crippen molar-refractivity contribution in [2.75, 3.05) is 7.11 Å². The number of aromatic hydroxyl groups is 1. The van der Waals surface area contributed by atoms with Gasteiger partial charge in [0.15, 0.2) is 5.78 Å². The molecule has 3 nitrogen and oxygen atoms in total. The molecular weight excluding hydrogens is 259 g/mol. The lowest BCUT2D eigenvalue weighted by molar-refractivity contribution is 0.0990. The molecule has 0 bridgehead atoms. The number of benzene rings is 2. The summed E-state index contributed by atoms with van der Waals surface area (Å²) in [5, 5.41) is 10.0. The first kappa shape index (κ1) is 14.1. The number of carbonyl (C=O) groups is 1. The highest BCUT2D eigenvalue weighted by atomic mass is 19.1. The lowest BCUT2D eigenvalue weighted by Crippen LogP contribution is -2.05. The summed E-state index contributed by atoms with van der Waals surface area (Å²) in [7, 11) is 1.50. The van der Waals surface area contributed by atoms with Crippen LogP contribution in [0.15, 0.2) is 36.4 Å². The summed E-state index contributed by atoms with van der Waals surface area (Å²) in [5.41, 5.74) is 1.47. The molecule has 2 aromatic rings. The average molecular weight is 274 g/mol. The Morgan fingerprint density at radius 2 is 1.85 bits per heavy atom. The van der Waals surface area contributed by atoms with Gasteiger partial charge < -0.3 is 9.84 Å². The molecule has 0 spiro atoms. The van der Waals surface area contributed by atoms with Gasteiger partial charge in [0.05, 0.1) is 12.7 Å². The fourth-order valence-corrected chi connectivity index (χ4v) is 2.01. The Bertz CT molecular complexity index is 633. The van der Waals surface area contributed by atoms with Gasteiger partial charge in [-0.25, -0.2) is 4.39 Å². The van der Waals surface area contributed by atoms with E-state index in [-0.39, 0.29) is 29.3 Å². The van der Waals surface area contributed by atoms with Crippen LogP contribution in [0.4, 0.5) is 4.39 Å². The maximum absolute atomic E-state index is 12.8. The number of hydrogen-bond donors (Lipinski definition) is 1. The number of phenols is 1. The Kier molecular flexibility index (Phi) is 4.03. The van der Waals surface area contributed by atoms with E-state index in [4.69, 9.17) is 4.74 Å². The van der Waals surface area contributed by atoms with Crippen LogP contribution in [0.3, 0.4) is 0 Å². The quantitative estimate of drug-likeness (QED) is 0.870. The van der Waals surface area contributed by atoms with Crippen LogP contribution >= 0.6 is 0 Å².